The first-order valence-corrected chi connectivity index (χ1v) is 12.0. The van der Waals surface area contributed by atoms with Crippen molar-refractivity contribution in [2.24, 2.45) is 0 Å². The lowest BCUT2D eigenvalue weighted by Crippen LogP contribution is -2.40. The van der Waals surface area contributed by atoms with Gasteiger partial charge >= 0.3 is 0 Å². The second kappa shape index (κ2) is 9.74. The van der Waals surface area contributed by atoms with E-state index in [1.807, 2.05) is 31.2 Å². The molecule has 0 spiro atoms. The molecule has 9 nitrogen and oxygen atoms in total. The molecule has 0 aliphatic carbocycles. The van der Waals surface area contributed by atoms with Crippen molar-refractivity contribution in [2.45, 2.75) is 11.8 Å². The van der Waals surface area contributed by atoms with Gasteiger partial charge in [0.15, 0.2) is 0 Å². The fourth-order valence-electron chi connectivity index (χ4n) is 3.66. The van der Waals surface area contributed by atoms with Crippen LogP contribution >= 0.6 is 0 Å². The van der Waals surface area contributed by atoms with Crippen molar-refractivity contribution in [3.05, 3.63) is 70.0 Å². The maximum atomic E-state index is 13.0. The molecule has 0 atom stereocenters. The van der Waals surface area contributed by atoms with Gasteiger partial charge in [0.25, 0.3) is 5.91 Å². The Hall–Kier alpha value is -3.21. The number of nitrogens with one attached hydrogen (secondary N) is 2. The fourth-order valence-corrected chi connectivity index (χ4v) is 5.09. The number of hydrogen-bond donors (Lipinski definition) is 2. The molecular weight excluding hydrogens is 446 g/mol. The van der Waals surface area contributed by atoms with Gasteiger partial charge in [0, 0.05) is 30.1 Å². The summed E-state index contributed by atoms with van der Waals surface area (Å²) in [4.78, 5) is 27.7. The summed E-state index contributed by atoms with van der Waals surface area (Å²) in [6.45, 7) is 3.58. The van der Waals surface area contributed by atoms with Gasteiger partial charge in [0.2, 0.25) is 15.6 Å². The molecule has 0 bridgehead atoms. The number of sulfonamides is 1. The summed E-state index contributed by atoms with van der Waals surface area (Å²) < 4.78 is 38.3. The van der Waals surface area contributed by atoms with Crippen LogP contribution in [0.1, 0.15) is 15.9 Å². The van der Waals surface area contributed by atoms with E-state index >= 15 is 0 Å². The van der Waals surface area contributed by atoms with Gasteiger partial charge in [-0.3, -0.25) is 9.59 Å². The van der Waals surface area contributed by atoms with E-state index in [2.05, 4.69) is 10.3 Å². The summed E-state index contributed by atoms with van der Waals surface area (Å²) in [5, 5.41) is 3.08. The number of fused-ring (bicyclic) bond motifs is 1. The topological polar surface area (TPSA) is 118 Å². The molecule has 174 valence electrons. The SMILES string of the molecule is Cc1ccccc1OCCNC(=O)c1cc(=O)[nH]c2ccc(S(=O)(=O)N3CCOCC3)cc12. The second-order valence-electron chi connectivity index (χ2n) is 7.64. The Morgan fingerprint density at radius 2 is 1.91 bits per heavy atom. The standard InChI is InChI=1S/C23H25N3O6S/c1-16-4-2-3-5-21(16)32-11-8-24-23(28)19-15-22(27)25-20-7-6-17(14-18(19)20)33(29,30)26-9-12-31-13-10-26/h2-7,14-15H,8-13H2,1H3,(H,24,28)(H,25,27). The van der Waals surface area contributed by atoms with Gasteiger partial charge in [-0.15, -0.1) is 0 Å². The molecule has 1 fully saturated rings. The average molecular weight is 472 g/mol. The summed E-state index contributed by atoms with van der Waals surface area (Å²) in [6.07, 6.45) is 0. The van der Waals surface area contributed by atoms with E-state index in [-0.39, 0.29) is 36.7 Å². The third kappa shape index (κ3) is 5.08. The lowest BCUT2D eigenvalue weighted by Gasteiger charge is -2.26. The Morgan fingerprint density at radius 3 is 2.67 bits per heavy atom. The van der Waals surface area contributed by atoms with Crippen LogP contribution in [0.4, 0.5) is 0 Å². The zero-order chi connectivity index (χ0) is 23.4. The van der Waals surface area contributed by atoms with Crippen molar-refractivity contribution < 1.29 is 22.7 Å². The number of ether oxygens (including phenoxy) is 2. The minimum absolute atomic E-state index is 0.0564. The summed E-state index contributed by atoms with van der Waals surface area (Å²) >= 11 is 0. The van der Waals surface area contributed by atoms with E-state index in [1.54, 1.807) is 0 Å². The Balaban J connectivity index is 1.54. The quantitative estimate of drug-likeness (QED) is 0.506. The average Bonchev–Trinajstić information content (AvgIpc) is 2.82. The van der Waals surface area contributed by atoms with Crippen LogP contribution in [-0.2, 0) is 14.8 Å². The molecule has 1 saturated heterocycles. The summed E-state index contributed by atoms with van der Waals surface area (Å²) in [5.74, 6) is 0.242. The van der Waals surface area contributed by atoms with E-state index in [9.17, 15) is 18.0 Å². The Morgan fingerprint density at radius 1 is 1.15 bits per heavy atom. The molecule has 1 aliphatic heterocycles. The summed E-state index contributed by atoms with van der Waals surface area (Å²) in [5.41, 5.74) is 1.01. The van der Waals surface area contributed by atoms with Crippen molar-refractivity contribution >= 4 is 26.8 Å². The largest absolute Gasteiger partial charge is 0.491 e. The highest BCUT2D eigenvalue weighted by Crippen LogP contribution is 2.23. The van der Waals surface area contributed by atoms with E-state index in [0.29, 0.717) is 24.1 Å². The first kappa shape index (κ1) is 23.0. The first-order valence-electron chi connectivity index (χ1n) is 10.6. The van der Waals surface area contributed by atoms with E-state index in [0.717, 1.165) is 11.3 Å². The molecule has 0 unspecified atom stereocenters. The molecule has 0 saturated carbocycles. The molecule has 1 aromatic heterocycles. The van der Waals surface area contributed by atoms with Gasteiger partial charge in [0.1, 0.15) is 12.4 Å². The third-order valence-corrected chi connectivity index (χ3v) is 7.30. The monoisotopic (exact) mass is 471 g/mol. The van der Waals surface area contributed by atoms with E-state index in [1.165, 1.54) is 28.6 Å². The smallest absolute Gasteiger partial charge is 0.252 e. The highest BCUT2D eigenvalue weighted by atomic mass is 32.2. The molecule has 4 rings (SSSR count). The predicted octanol–water partition coefficient (Wildman–Crippen LogP) is 1.67. The zero-order valence-electron chi connectivity index (χ0n) is 18.2. The number of benzene rings is 2. The summed E-state index contributed by atoms with van der Waals surface area (Å²) in [7, 11) is -3.75. The molecule has 10 heteroatoms. The Labute approximate surface area is 191 Å². The maximum Gasteiger partial charge on any atom is 0.252 e. The second-order valence-corrected chi connectivity index (χ2v) is 9.58. The van der Waals surface area contributed by atoms with Crippen LogP contribution in [0.5, 0.6) is 5.75 Å². The van der Waals surface area contributed by atoms with Gasteiger partial charge in [-0.05, 0) is 36.8 Å². The molecule has 0 radical (unpaired) electrons. The van der Waals surface area contributed by atoms with Gasteiger partial charge in [-0.2, -0.15) is 4.31 Å². The van der Waals surface area contributed by atoms with Crippen LogP contribution in [-0.4, -0.2) is 63.1 Å². The number of amides is 1. The van der Waals surface area contributed by atoms with Crippen molar-refractivity contribution in [3.63, 3.8) is 0 Å². The molecule has 1 amide bonds. The number of H-pyrrole nitrogens is 1. The van der Waals surface area contributed by atoms with Gasteiger partial charge in [-0.1, -0.05) is 18.2 Å². The Kier molecular flexibility index (Phi) is 6.77. The van der Waals surface area contributed by atoms with Crippen LogP contribution in [0.25, 0.3) is 10.9 Å². The number of carbonyl (C=O) groups excluding carboxylic acids is 1. The minimum Gasteiger partial charge on any atom is -0.491 e. The number of morpholine rings is 1. The minimum atomic E-state index is -3.75. The number of pyridine rings is 1. The first-order chi connectivity index (χ1) is 15.9. The van der Waals surface area contributed by atoms with Crippen molar-refractivity contribution in [1.29, 1.82) is 0 Å². The molecule has 2 aromatic carbocycles. The fraction of sp³-hybridized carbons (Fsp3) is 0.304. The number of rotatable bonds is 7. The predicted molar refractivity (Wildman–Crippen MR) is 123 cm³/mol. The Bertz CT molecular complexity index is 1330. The van der Waals surface area contributed by atoms with Gasteiger partial charge in [-0.25, -0.2) is 8.42 Å². The molecule has 33 heavy (non-hydrogen) atoms. The van der Waals surface area contributed by atoms with Crippen LogP contribution in [0.3, 0.4) is 0 Å². The lowest BCUT2D eigenvalue weighted by atomic mass is 10.1. The highest BCUT2D eigenvalue weighted by Gasteiger charge is 2.27. The molecule has 1 aliphatic rings. The number of hydrogen-bond acceptors (Lipinski definition) is 6. The normalized spacial score (nSPS) is 14.8. The summed E-state index contributed by atoms with van der Waals surface area (Å²) in [6, 6.07) is 13.1. The van der Waals surface area contributed by atoms with Crippen LogP contribution in [0.15, 0.2) is 58.2 Å². The highest BCUT2D eigenvalue weighted by molar-refractivity contribution is 7.89. The van der Waals surface area contributed by atoms with Gasteiger partial charge < -0.3 is 19.8 Å². The van der Waals surface area contributed by atoms with Gasteiger partial charge in [0.05, 0.1) is 30.2 Å². The third-order valence-electron chi connectivity index (χ3n) is 5.41. The number of para-hydroxylation sites is 1. The van der Waals surface area contributed by atoms with Crippen molar-refractivity contribution in [3.8, 4) is 5.75 Å². The zero-order valence-corrected chi connectivity index (χ0v) is 19.0. The van der Waals surface area contributed by atoms with Crippen LogP contribution in [0, 0.1) is 6.92 Å². The number of aryl methyl sites for hydroxylation is 1. The lowest BCUT2D eigenvalue weighted by molar-refractivity contribution is 0.0730. The van der Waals surface area contributed by atoms with Crippen LogP contribution in [0.2, 0.25) is 0 Å². The number of carbonyl (C=O) groups is 1. The molecule has 2 N–H and O–H groups in total. The van der Waals surface area contributed by atoms with Crippen molar-refractivity contribution in [2.75, 3.05) is 39.5 Å². The van der Waals surface area contributed by atoms with E-state index in [4.69, 9.17) is 9.47 Å². The molecule has 2 heterocycles. The number of nitrogens with zero attached hydrogens (tertiary/aromatic N) is 1. The molecule has 3 aromatic rings. The maximum absolute atomic E-state index is 13.0. The molecular formula is C23H25N3O6S. The number of aromatic nitrogens is 1. The van der Waals surface area contributed by atoms with Crippen LogP contribution < -0.4 is 15.6 Å². The van der Waals surface area contributed by atoms with E-state index < -0.39 is 21.5 Å². The van der Waals surface area contributed by atoms with Crippen molar-refractivity contribution in [1.82, 2.24) is 14.6 Å². The number of aromatic amines is 1.